The summed E-state index contributed by atoms with van der Waals surface area (Å²) in [6, 6.07) is 8.57. The molecule has 4 heteroatoms. The van der Waals surface area contributed by atoms with Crippen LogP contribution >= 0.6 is 27.3 Å². The van der Waals surface area contributed by atoms with Crippen LogP contribution in [-0.2, 0) is 6.42 Å². The summed E-state index contributed by atoms with van der Waals surface area (Å²) in [5.74, 6) is 1.03. The first-order chi connectivity index (χ1) is 8.29. The van der Waals surface area contributed by atoms with E-state index in [9.17, 15) is 0 Å². The second-order valence-corrected chi connectivity index (χ2v) is 6.43. The van der Waals surface area contributed by atoms with Gasteiger partial charge in [0.05, 0.1) is 16.1 Å². The summed E-state index contributed by atoms with van der Waals surface area (Å²) < 4.78 is 6.63. The Morgan fingerprint density at radius 3 is 2.88 bits per heavy atom. The molecule has 0 radical (unpaired) electrons. The van der Waals surface area contributed by atoms with Crippen molar-refractivity contribution in [2.75, 3.05) is 6.54 Å². The van der Waals surface area contributed by atoms with Crippen molar-refractivity contribution in [1.29, 1.82) is 0 Å². The Labute approximate surface area is 114 Å². The van der Waals surface area contributed by atoms with Crippen LogP contribution in [0.1, 0.15) is 30.0 Å². The molecule has 0 aliphatic carbocycles. The smallest absolute Gasteiger partial charge is 0.120 e. The molecule has 1 unspecified atom stereocenters. The van der Waals surface area contributed by atoms with Gasteiger partial charge in [0.2, 0.25) is 0 Å². The predicted molar refractivity (Wildman–Crippen MR) is 75.5 cm³/mol. The van der Waals surface area contributed by atoms with Crippen molar-refractivity contribution in [3.63, 3.8) is 0 Å². The van der Waals surface area contributed by atoms with E-state index in [1.165, 1.54) is 8.66 Å². The van der Waals surface area contributed by atoms with E-state index in [1.807, 2.05) is 12.1 Å². The molecule has 0 bridgehead atoms. The minimum Gasteiger partial charge on any atom is -0.468 e. The largest absolute Gasteiger partial charge is 0.468 e. The minimum atomic E-state index is 0.327. The molecule has 2 nitrogen and oxygen atoms in total. The summed E-state index contributed by atoms with van der Waals surface area (Å²) in [6.45, 7) is 3.15. The van der Waals surface area contributed by atoms with Crippen molar-refractivity contribution in [2.24, 2.45) is 0 Å². The predicted octanol–water partition coefficient (Wildman–Crippen LogP) is 4.39. The SMILES string of the molecule is CCC(NCCc1ccc(Br)s1)c1ccco1. The van der Waals surface area contributed by atoms with Gasteiger partial charge in [0.1, 0.15) is 5.76 Å². The van der Waals surface area contributed by atoms with Crippen LogP contribution in [0.3, 0.4) is 0 Å². The number of hydrogen-bond donors (Lipinski definition) is 1. The average Bonchev–Trinajstić information content (AvgIpc) is 2.96. The fourth-order valence-electron chi connectivity index (χ4n) is 1.79. The van der Waals surface area contributed by atoms with Gasteiger partial charge >= 0.3 is 0 Å². The van der Waals surface area contributed by atoms with Gasteiger partial charge in [0.15, 0.2) is 0 Å². The van der Waals surface area contributed by atoms with E-state index < -0.39 is 0 Å². The highest BCUT2D eigenvalue weighted by Crippen LogP contribution is 2.22. The summed E-state index contributed by atoms with van der Waals surface area (Å²) in [7, 11) is 0. The molecule has 17 heavy (non-hydrogen) atoms. The number of thiophene rings is 1. The van der Waals surface area contributed by atoms with E-state index in [-0.39, 0.29) is 0 Å². The van der Waals surface area contributed by atoms with Gasteiger partial charge in [0, 0.05) is 11.4 Å². The van der Waals surface area contributed by atoms with E-state index in [0.29, 0.717) is 6.04 Å². The fourth-order valence-corrected chi connectivity index (χ4v) is 3.27. The summed E-state index contributed by atoms with van der Waals surface area (Å²) in [6.07, 6.45) is 3.84. The molecule has 0 aromatic carbocycles. The summed E-state index contributed by atoms with van der Waals surface area (Å²) in [5.41, 5.74) is 0. The van der Waals surface area contributed by atoms with Gasteiger partial charge in [-0.25, -0.2) is 0 Å². The molecule has 92 valence electrons. The third-order valence-electron chi connectivity index (χ3n) is 2.69. The molecule has 2 aromatic heterocycles. The molecular formula is C13H16BrNOS. The van der Waals surface area contributed by atoms with Crippen LogP contribution in [0, 0.1) is 0 Å². The Balaban J connectivity index is 1.81. The Morgan fingerprint density at radius 2 is 2.29 bits per heavy atom. The molecule has 2 heterocycles. The highest BCUT2D eigenvalue weighted by atomic mass is 79.9. The molecule has 1 atom stereocenters. The van der Waals surface area contributed by atoms with Crippen molar-refractivity contribution < 1.29 is 4.42 Å². The molecule has 0 aliphatic rings. The van der Waals surface area contributed by atoms with Gasteiger partial charge in [-0.15, -0.1) is 11.3 Å². The standard InChI is InChI=1S/C13H16BrNOS/c1-2-11(12-4-3-9-16-12)15-8-7-10-5-6-13(14)17-10/h3-6,9,11,15H,2,7-8H2,1H3. The van der Waals surface area contributed by atoms with Gasteiger partial charge in [-0.05, 0) is 53.0 Å². The maximum atomic E-state index is 5.43. The first-order valence-corrected chi connectivity index (χ1v) is 7.41. The zero-order valence-corrected chi connectivity index (χ0v) is 12.2. The number of hydrogen-bond acceptors (Lipinski definition) is 3. The lowest BCUT2D eigenvalue weighted by Gasteiger charge is -2.13. The Kier molecular flexibility index (Phi) is 4.83. The molecule has 2 rings (SSSR count). The molecule has 0 spiro atoms. The van der Waals surface area contributed by atoms with Gasteiger partial charge in [-0.2, -0.15) is 0 Å². The van der Waals surface area contributed by atoms with Crippen LogP contribution in [0.4, 0.5) is 0 Å². The van der Waals surface area contributed by atoms with Crippen LogP contribution in [0.5, 0.6) is 0 Å². The maximum Gasteiger partial charge on any atom is 0.120 e. The fraction of sp³-hybridized carbons (Fsp3) is 0.385. The number of rotatable bonds is 6. The monoisotopic (exact) mass is 313 g/mol. The van der Waals surface area contributed by atoms with Crippen molar-refractivity contribution in [3.05, 3.63) is 45.0 Å². The van der Waals surface area contributed by atoms with Gasteiger partial charge in [0.25, 0.3) is 0 Å². The lowest BCUT2D eigenvalue weighted by molar-refractivity contribution is 0.406. The quantitative estimate of drug-likeness (QED) is 0.855. The molecule has 0 amide bonds. The summed E-state index contributed by atoms with van der Waals surface area (Å²) >= 11 is 5.28. The number of furan rings is 1. The van der Waals surface area contributed by atoms with Crippen molar-refractivity contribution >= 4 is 27.3 Å². The van der Waals surface area contributed by atoms with Gasteiger partial charge in [-0.3, -0.25) is 0 Å². The molecule has 0 fully saturated rings. The molecule has 0 saturated heterocycles. The molecule has 2 aromatic rings. The van der Waals surface area contributed by atoms with E-state index in [2.05, 4.69) is 40.3 Å². The minimum absolute atomic E-state index is 0.327. The first-order valence-electron chi connectivity index (χ1n) is 5.80. The lowest BCUT2D eigenvalue weighted by Crippen LogP contribution is -2.22. The number of nitrogens with one attached hydrogen (secondary N) is 1. The second-order valence-electron chi connectivity index (χ2n) is 3.89. The molecule has 0 aliphatic heterocycles. The third-order valence-corrected chi connectivity index (χ3v) is 4.37. The van der Waals surface area contributed by atoms with Gasteiger partial charge in [-0.1, -0.05) is 6.92 Å². The van der Waals surface area contributed by atoms with E-state index in [1.54, 1.807) is 17.6 Å². The van der Waals surface area contributed by atoms with Crippen molar-refractivity contribution in [2.45, 2.75) is 25.8 Å². The Morgan fingerprint density at radius 1 is 1.41 bits per heavy atom. The van der Waals surface area contributed by atoms with Crippen LogP contribution in [0.15, 0.2) is 38.7 Å². The molecule has 1 N–H and O–H groups in total. The molecular weight excluding hydrogens is 298 g/mol. The zero-order chi connectivity index (χ0) is 12.1. The lowest BCUT2D eigenvalue weighted by atomic mass is 10.1. The number of halogens is 1. The van der Waals surface area contributed by atoms with Crippen LogP contribution in [-0.4, -0.2) is 6.54 Å². The van der Waals surface area contributed by atoms with E-state index in [4.69, 9.17) is 4.42 Å². The van der Waals surface area contributed by atoms with E-state index in [0.717, 1.165) is 25.1 Å². The third kappa shape index (κ3) is 3.69. The first kappa shape index (κ1) is 12.9. The van der Waals surface area contributed by atoms with Crippen molar-refractivity contribution in [3.8, 4) is 0 Å². The van der Waals surface area contributed by atoms with Crippen molar-refractivity contribution in [1.82, 2.24) is 5.32 Å². The topological polar surface area (TPSA) is 25.2 Å². The van der Waals surface area contributed by atoms with Crippen LogP contribution < -0.4 is 5.32 Å². The van der Waals surface area contributed by atoms with E-state index >= 15 is 0 Å². The normalized spacial score (nSPS) is 12.8. The highest BCUT2D eigenvalue weighted by Gasteiger charge is 2.10. The van der Waals surface area contributed by atoms with Gasteiger partial charge < -0.3 is 9.73 Å². The summed E-state index contributed by atoms with van der Waals surface area (Å²) in [4.78, 5) is 1.40. The molecule has 0 saturated carbocycles. The highest BCUT2D eigenvalue weighted by molar-refractivity contribution is 9.11. The average molecular weight is 314 g/mol. The second kappa shape index (κ2) is 6.38. The Hall–Kier alpha value is -0.580. The Bertz CT molecular complexity index is 438. The zero-order valence-electron chi connectivity index (χ0n) is 9.78. The van der Waals surface area contributed by atoms with Crippen LogP contribution in [0.25, 0.3) is 0 Å². The maximum absolute atomic E-state index is 5.43. The van der Waals surface area contributed by atoms with Crippen LogP contribution in [0.2, 0.25) is 0 Å². The summed E-state index contributed by atoms with van der Waals surface area (Å²) in [5, 5.41) is 3.53.